The van der Waals surface area contributed by atoms with E-state index >= 15 is 0 Å². The maximum atomic E-state index is 12.8. The van der Waals surface area contributed by atoms with Crippen molar-refractivity contribution < 1.29 is 14.3 Å². The molecule has 1 atom stereocenters. The summed E-state index contributed by atoms with van der Waals surface area (Å²) in [5, 5.41) is 9.12. The number of likely N-dealkylation sites (tertiary alicyclic amines) is 1. The summed E-state index contributed by atoms with van der Waals surface area (Å²) in [6.45, 7) is 1.15. The molecule has 4 heterocycles. The molecule has 4 rings (SSSR count). The molecule has 1 aliphatic rings. The first-order valence-corrected chi connectivity index (χ1v) is 9.53. The zero-order chi connectivity index (χ0) is 18.6. The Balaban J connectivity index is 1.44. The van der Waals surface area contributed by atoms with E-state index in [0.717, 1.165) is 23.4 Å². The summed E-state index contributed by atoms with van der Waals surface area (Å²) in [6, 6.07) is 5.76. The first kappa shape index (κ1) is 17.5. The fraction of sp³-hybridized carbons (Fsp3) is 0.333. The third-order valence-corrected chi connectivity index (χ3v) is 5.26. The van der Waals surface area contributed by atoms with Crippen LogP contribution in [0, 0.1) is 0 Å². The second-order valence-electron chi connectivity index (χ2n) is 6.15. The van der Waals surface area contributed by atoms with Gasteiger partial charge in [-0.25, -0.2) is 9.97 Å². The van der Waals surface area contributed by atoms with E-state index in [4.69, 9.17) is 9.47 Å². The number of piperidine rings is 1. The number of carbonyl (C=O) groups excluding carboxylic acids is 1. The highest BCUT2D eigenvalue weighted by molar-refractivity contribution is 7.13. The van der Waals surface area contributed by atoms with Crippen molar-refractivity contribution in [2.24, 2.45) is 0 Å². The van der Waals surface area contributed by atoms with E-state index in [-0.39, 0.29) is 12.0 Å². The average molecular weight is 385 g/mol. The Hall–Kier alpha value is -2.94. The van der Waals surface area contributed by atoms with E-state index in [1.54, 1.807) is 34.7 Å². The summed E-state index contributed by atoms with van der Waals surface area (Å²) >= 11 is 1.60. The number of nitrogens with zero attached hydrogens (tertiary/aromatic N) is 4. The van der Waals surface area contributed by atoms with Gasteiger partial charge in [-0.05, 0) is 30.4 Å². The van der Waals surface area contributed by atoms with Crippen LogP contribution in [0.5, 0.6) is 11.8 Å². The molecule has 0 bridgehead atoms. The normalized spacial score (nSPS) is 16.9. The summed E-state index contributed by atoms with van der Waals surface area (Å²) in [6.07, 6.45) is 4.63. The van der Waals surface area contributed by atoms with Gasteiger partial charge in [0.2, 0.25) is 0 Å². The summed E-state index contributed by atoms with van der Waals surface area (Å²) < 4.78 is 11.1. The third kappa shape index (κ3) is 3.77. The van der Waals surface area contributed by atoms with E-state index in [9.17, 15) is 4.79 Å². The van der Waals surface area contributed by atoms with Gasteiger partial charge in [0, 0.05) is 18.9 Å². The maximum Gasteiger partial charge on any atom is 0.278 e. The van der Waals surface area contributed by atoms with Gasteiger partial charge in [-0.15, -0.1) is 11.3 Å². The van der Waals surface area contributed by atoms with Crippen LogP contribution < -0.4 is 9.47 Å². The third-order valence-electron chi connectivity index (χ3n) is 4.35. The lowest BCUT2D eigenvalue weighted by atomic mass is 10.1. The van der Waals surface area contributed by atoms with Gasteiger partial charge in [-0.1, -0.05) is 6.07 Å². The van der Waals surface area contributed by atoms with Crippen molar-refractivity contribution in [3.63, 3.8) is 0 Å². The Labute approximate surface area is 160 Å². The Bertz CT molecular complexity index is 911. The molecule has 0 saturated carbocycles. The minimum atomic E-state index is -0.163. The highest BCUT2D eigenvalue weighted by atomic mass is 32.1. The summed E-state index contributed by atoms with van der Waals surface area (Å²) in [5.41, 5.74) is 1.26. The number of H-pyrrole nitrogens is 1. The number of amides is 1. The van der Waals surface area contributed by atoms with Crippen molar-refractivity contribution in [1.82, 2.24) is 25.1 Å². The number of aromatic nitrogens is 4. The summed E-state index contributed by atoms with van der Waals surface area (Å²) in [7, 11) is 1.52. The van der Waals surface area contributed by atoms with Gasteiger partial charge in [0.15, 0.2) is 5.69 Å². The number of rotatable bonds is 5. The van der Waals surface area contributed by atoms with E-state index in [2.05, 4.69) is 20.2 Å². The van der Waals surface area contributed by atoms with Crippen LogP contribution in [0.3, 0.4) is 0 Å². The second kappa shape index (κ2) is 7.75. The molecule has 3 aromatic rings. The molecule has 1 unspecified atom stereocenters. The Kier molecular flexibility index (Phi) is 5.01. The molecule has 1 fully saturated rings. The van der Waals surface area contributed by atoms with Crippen molar-refractivity contribution in [3.05, 3.63) is 41.7 Å². The number of nitrogens with one attached hydrogen (secondary N) is 1. The fourth-order valence-electron chi connectivity index (χ4n) is 3.06. The van der Waals surface area contributed by atoms with Crippen LogP contribution in [-0.2, 0) is 0 Å². The van der Waals surface area contributed by atoms with Crippen molar-refractivity contribution >= 4 is 17.2 Å². The molecule has 1 aliphatic heterocycles. The van der Waals surface area contributed by atoms with Gasteiger partial charge >= 0.3 is 0 Å². The summed E-state index contributed by atoms with van der Waals surface area (Å²) in [4.78, 5) is 23.9. The van der Waals surface area contributed by atoms with Crippen molar-refractivity contribution in [2.45, 2.75) is 18.9 Å². The van der Waals surface area contributed by atoms with E-state index in [0.29, 0.717) is 30.5 Å². The van der Waals surface area contributed by atoms with Gasteiger partial charge in [-0.3, -0.25) is 9.89 Å². The molecule has 1 amide bonds. The molecule has 27 heavy (non-hydrogen) atoms. The number of aromatic amines is 1. The van der Waals surface area contributed by atoms with Crippen LogP contribution in [-0.4, -0.2) is 57.3 Å². The molecule has 0 aliphatic carbocycles. The quantitative estimate of drug-likeness (QED) is 0.726. The number of methoxy groups -OCH3 is 1. The molecule has 0 aromatic carbocycles. The second-order valence-corrected chi connectivity index (χ2v) is 7.10. The highest BCUT2D eigenvalue weighted by Crippen LogP contribution is 2.26. The minimum Gasteiger partial charge on any atom is -0.477 e. The predicted molar refractivity (Wildman–Crippen MR) is 100 cm³/mol. The molecular formula is C18H19N5O3S. The van der Waals surface area contributed by atoms with Gasteiger partial charge in [0.1, 0.15) is 6.10 Å². The molecule has 3 aromatic heterocycles. The lowest BCUT2D eigenvalue weighted by molar-refractivity contribution is 0.0514. The SMILES string of the molecule is COc1nccnc1OC1CCCN(C(=O)c2cc(-c3cccs3)[nH]n2)C1. The number of carbonyl (C=O) groups is 1. The Morgan fingerprint density at radius 2 is 2.19 bits per heavy atom. The first-order chi connectivity index (χ1) is 13.2. The van der Waals surface area contributed by atoms with Crippen LogP contribution in [0.4, 0.5) is 0 Å². The predicted octanol–water partition coefficient (Wildman–Crippen LogP) is 2.62. The van der Waals surface area contributed by atoms with Crippen molar-refractivity contribution in [1.29, 1.82) is 0 Å². The zero-order valence-electron chi connectivity index (χ0n) is 14.8. The van der Waals surface area contributed by atoms with E-state index < -0.39 is 0 Å². The van der Waals surface area contributed by atoms with Crippen LogP contribution in [0.2, 0.25) is 0 Å². The number of thiophene rings is 1. The lowest BCUT2D eigenvalue weighted by Crippen LogP contribution is -2.44. The molecule has 9 heteroatoms. The average Bonchev–Trinajstić information content (AvgIpc) is 3.40. The molecule has 1 saturated heterocycles. The van der Waals surface area contributed by atoms with Crippen LogP contribution >= 0.6 is 11.3 Å². The largest absolute Gasteiger partial charge is 0.477 e. The Morgan fingerprint density at radius 1 is 1.33 bits per heavy atom. The smallest absolute Gasteiger partial charge is 0.278 e. The molecule has 8 nitrogen and oxygen atoms in total. The molecular weight excluding hydrogens is 366 g/mol. The van der Waals surface area contributed by atoms with Crippen LogP contribution in [0.15, 0.2) is 36.0 Å². The molecule has 1 N–H and O–H groups in total. The van der Waals surface area contributed by atoms with Gasteiger partial charge in [0.25, 0.3) is 17.7 Å². The van der Waals surface area contributed by atoms with Crippen molar-refractivity contribution in [3.8, 4) is 22.3 Å². The zero-order valence-corrected chi connectivity index (χ0v) is 15.6. The maximum absolute atomic E-state index is 12.8. The van der Waals surface area contributed by atoms with E-state index in [1.165, 1.54) is 7.11 Å². The van der Waals surface area contributed by atoms with E-state index in [1.807, 2.05) is 17.5 Å². The standard InChI is InChI=1S/C18H19N5O3S/c1-25-16-17(20-7-6-19-16)26-12-4-2-8-23(11-12)18(24)14-10-13(21-22-14)15-5-3-9-27-15/h3,5-7,9-10,12H,2,4,8,11H2,1H3,(H,21,22). The Morgan fingerprint density at radius 3 is 2.96 bits per heavy atom. The molecule has 0 radical (unpaired) electrons. The summed E-state index contributed by atoms with van der Waals surface area (Å²) in [5.74, 6) is 0.585. The van der Waals surface area contributed by atoms with Gasteiger partial charge in [-0.2, -0.15) is 5.10 Å². The number of hydrogen-bond acceptors (Lipinski definition) is 7. The number of hydrogen-bond donors (Lipinski definition) is 1. The highest BCUT2D eigenvalue weighted by Gasteiger charge is 2.28. The van der Waals surface area contributed by atoms with Gasteiger partial charge in [0.05, 0.1) is 24.2 Å². The topological polar surface area (TPSA) is 93.2 Å². The van der Waals surface area contributed by atoms with Crippen LogP contribution in [0.1, 0.15) is 23.3 Å². The lowest BCUT2D eigenvalue weighted by Gasteiger charge is -2.32. The molecule has 140 valence electrons. The monoisotopic (exact) mass is 385 g/mol. The van der Waals surface area contributed by atoms with Crippen LogP contribution in [0.25, 0.3) is 10.6 Å². The van der Waals surface area contributed by atoms with Crippen molar-refractivity contribution in [2.75, 3.05) is 20.2 Å². The molecule has 0 spiro atoms. The fourth-order valence-corrected chi connectivity index (χ4v) is 3.75. The first-order valence-electron chi connectivity index (χ1n) is 8.65. The minimum absolute atomic E-state index is 0.103. The van der Waals surface area contributed by atoms with Gasteiger partial charge < -0.3 is 14.4 Å². The number of ether oxygens (including phenoxy) is 2.